The molecule has 1 aliphatic carbocycles. The Morgan fingerprint density at radius 2 is 2.38 bits per heavy atom. The normalized spacial score (nSPS) is 29.2. The van der Waals surface area contributed by atoms with Gasteiger partial charge < -0.3 is 4.74 Å². The maximum Gasteiger partial charge on any atom is 0.336 e. The Kier molecular flexibility index (Phi) is 1.87. The van der Waals surface area contributed by atoms with Crippen LogP contribution < -0.4 is 0 Å². The van der Waals surface area contributed by atoms with Gasteiger partial charge in [0.05, 0.1) is 12.3 Å². The van der Waals surface area contributed by atoms with Crippen molar-refractivity contribution in [1.29, 1.82) is 0 Å². The van der Waals surface area contributed by atoms with E-state index >= 15 is 0 Å². The smallest absolute Gasteiger partial charge is 0.336 e. The van der Waals surface area contributed by atoms with Crippen LogP contribution >= 0.6 is 0 Å². The fourth-order valence-corrected chi connectivity index (χ4v) is 2.27. The van der Waals surface area contributed by atoms with E-state index in [-0.39, 0.29) is 11.9 Å². The summed E-state index contributed by atoms with van der Waals surface area (Å²) >= 11 is 0. The molecule has 0 amide bonds. The molecular formula is C12H12N2O2. The first-order valence-electron chi connectivity index (χ1n) is 5.47. The summed E-state index contributed by atoms with van der Waals surface area (Å²) < 4.78 is 5.05. The van der Waals surface area contributed by atoms with Crippen molar-refractivity contribution in [1.82, 2.24) is 0 Å². The molecule has 0 radical (unpaired) electrons. The molecule has 82 valence electrons. The van der Waals surface area contributed by atoms with Crippen molar-refractivity contribution in [3.63, 3.8) is 0 Å². The highest BCUT2D eigenvalue weighted by Gasteiger charge is 2.65. The quantitative estimate of drug-likeness (QED) is 0.713. The van der Waals surface area contributed by atoms with Crippen molar-refractivity contribution in [2.24, 2.45) is 10.2 Å². The number of esters is 1. The summed E-state index contributed by atoms with van der Waals surface area (Å²) in [4.78, 5) is 11.8. The second-order valence-electron chi connectivity index (χ2n) is 4.16. The van der Waals surface area contributed by atoms with Crippen molar-refractivity contribution in [3.8, 4) is 0 Å². The highest BCUT2D eigenvalue weighted by molar-refractivity contribution is 5.88. The van der Waals surface area contributed by atoms with Gasteiger partial charge in [0.1, 0.15) is 0 Å². The number of hydrogen-bond donors (Lipinski definition) is 0. The van der Waals surface area contributed by atoms with Crippen LogP contribution in [0.4, 0.5) is 5.69 Å². The van der Waals surface area contributed by atoms with Gasteiger partial charge in [0.2, 0.25) is 0 Å². The molecule has 1 heterocycles. The van der Waals surface area contributed by atoms with Gasteiger partial charge in [-0.3, -0.25) is 0 Å². The minimum Gasteiger partial charge on any atom is -0.464 e. The van der Waals surface area contributed by atoms with Crippen LogP contribution in [-0.2, 0) is 9.53 Å². The average molecular weight is 216 g/mol. The maximum atomic E-state index is 11.8. The van der Waals surface area contributed by atoms with Crippen molar-refractivity contribution >= 4 is 11.7 Å². The van der Waals surface area contributed by atoms with Gasteiger partial charge in [0.25, 0.3) is 0 Å². The fourth-order valence-electron chi connectivity index (χ4n) is 2.27. The lowest BCUT2D eigenvalue weighted by atomic mass is 10.0. The van der Waals surface area contributed by atoms with Crippen molar-refractivity contribution in [2.75, 3.05) is 6.61 Å². The summed E-state index contributed by atoms with van der Waals surface area (Å²) in [5.41, 5.74) is 1.29. The fraction of sp³-hybridized carbons (Fsp3) is 0.417. The molecule has 0 N–H and O–H groups in total. The van der Waals surface area contributed by atoms with E-state index in [9.17, 15) is 4.79 Å². The van der Waals surface area contributed by atoms with E-state index in [0.29, 0.717) is 6.61 Å². The summed E-state index contributed by atoms with van der Waals surface area (Å²) in [5.74, 6) is -0.0708. The Morgan fingerprint density at radius 1 is 1.56 bits per heavy atom. The van der Waals surface area contributed by atoms with E-state index in [2.05, 4.69) is 10.2 Å². The van der Waals surface area contributed by atoms with Crippen LogP contribution in [0.1, 0.15) is 24.8 Å². The molecule has 2 unspecified atom stereocenters. The molecule has 2 atom stereocenters. The van der Waals surface area contributed by atoms with Gasteiger partial charge in [-0.25, -0.2) is 4.79 Å². The zero-order chi connectivity index (χ0) is 11.2. The zero-order valence-corrected chi connectivity index (χ0v) is 9.01. The number of carbonyl (C=O) groups is 1. The Bertz CT molecular complexity index is 484. The van der Waals surface area contributed by atoms with Crippen LogP contribution in [0.25, 0.3) is 0 Å². The molecule has 2 aliphatic rings. The average Bonchev–Trinajstić information content (AvgIpc) is 3.06. The number of benzene rings is 1. The van der Waals surface area contributed by atoms with E-state index in [1.807, 2.05) is 24.3 Å². The van der Waals surface area contributed by atoms with Gasteiger partial charge in [0, 0.05) is 5.92 Å². The van der Waals surface area contributed by atoms with Crippen LogP contribution in [-0.4, -0.2) is 18.1 Å². The molecular weight excluding hydrogens is 204 g/mol. The Hall–Kier alpha value is -1.71. The molecule has 1 aliphatic heterocycles. The number of rotatable bonds is 2. The topological polar surface area (TPSA) is 51.0 Å². The maximum absolute atomic E-state index is 11.8. The minimum atomic E-state index is -0.704. The van der Waals surface area contributed by atoms with Crippen molar-refractivity contribution < 1.29 is 9.53 Å². The molecule has 16 heavy (non-hydrogen) atoms. The molecule has 3 rings (SSSR count). The van der Waals surface area contributed by atoms with Crippen LogP contribution in [0, 0.1) is 0 Å². The van der Waals surface area contributed by atoms with Crippen LogP contribution in [0.5, 0.6) is 0 Å². The highest BCUT2D eigenvalue weighted by atomic mass is 16.5. The monoisotopic (exact) mass is 216 g/mol. The Labute approximate surface area is 93.3 Å². The molecule has 1 saturated carbocycles. The molecule has 1 fully saturated rings. The highest BCUT2D eigenvalue weighted by Crippen LogP contribution is 2.60. The summed E-state index contributed by atoms with van der Waals surface area (Å²) in [6.07, 6.45) is 0.729. The third kappa shape index (κ3) is 1.13. The van der Waals surface area contributed by atoms with Gasteiger partial charge in [-0.15, -0.1) is 0 Å². The SMILES string of the molecule is CCOC(=O)C12CC1c1ccccc1N=N2. The number of fused-ring (bicyclic) bond motifs is 3. The van der Waals surface area contributed by atoms with Gasteiger partial charge in [-0.1, -0.05) is 18.2 Å². The van der Waals surface area contributed by atoms with Crippen LogP contribution in [0.3, 0.4) is 0 Å². The van der Waals surface area contributed by atoms with Gasteiger partial charge in [0.15, 0.2) is 5.54 Å². The third-order valence-corrected chi connectivity index (χ3v) is 3.21. The second kappa shape index (κ2) is 3.14. The lowest BCUT2D eigenvalue weighted by molar-refractivity contribution is -0.146. The Balaban J connectivity index is 1.96. The first-order chi connectivity index (χ1) is 7.78. The number of carbonyl (C=O) groups excluding carboxylic acids is 1. The lowest BCUT2D eigenvalue weighted by Gasteiger charge is -2.15. The first-order valence-corrected chi connectivity index (χ1v) is 5.47. The van der Waals surface area contributed by atoms with Crippen molar-refractivity contribution in [3.05, 3.63) is 29.8 Å². The minimum absolute atomic E-state index is 0.167. The van der Waals surface area contributed by atoms with Gasteiger partial charge in [-0.05, 0) is 25.0 Å². The van der Waals surface area contributed by atoms with Gasteiger partial charge in [-0.2, -0.15) is 10.2 Å². The molecule has 0 aromatic heterocycles. The summed E-state index contributed by atoms with van der Waals surface area (Å²) in [5, 5.41) is 8.26. The van der Waals surface area contributed by atoms with E-state index in [0.717, 1.165) is 17.7 Å². The third-order valence-electron chi connectivity index (χ3n) is 3.21. The molecule has 1 aromatic rings. The molecule has 0 spiro atoms. The predicted molar refractivity (Wildman–Crippen MR) is 57.7 cm³/mol. The van der Waals surface area contributed by atoms with E-state index in [1.54, 1.807) is 6.92 Å². The van der Waals surface area contributed by atoms with E-state index in [1.165, 1.54) is 0 Å². The summed E-state index contributed by atoms with van der Waals surface area (Å²) in [7, 11) is 0. The molecule has 4 heteroatoms. The lowest BCUT2D eigenvalue weighted by Crippen LogP contribution is -2.26. The zero-order valence-electron chi connectivity index (χ0n) is 9.01. The Morgan fingerprint density at radius 3 is 3.19 bits per heavy atom. The first kappa shape index (κ1) is 9.51. The number of azo groups is 1. The molecule has 0 saturated heterocycles. The van der Waals surface area contributed by atoms with Gasteiger partial charge >= 0.3 is 5.97 Å². The van der Waals surface area contributed by atoms with E-state index in [4.69, 9.17) is 4.74 Å². The van der Waals surface area contributed by atoms with Crippen LogP contribution in [0.15, 0.2) is 34.5 Å². The van der Waals surface area contributed by atoms with Crippen LogP contribution in [0.2, 0.25) is 0 Å². The van der Waals surface area contributed by atoms with Crippen molar-refractivity contribution in [2.45, 2.75) is 24.8 Å². The second-order valence-corrected chi connectivity index (χ2v) is 4.16. The summed E-state index contributed by atoms with van der Waals surface area (Å²) in [6.45, 7) is 2.20. The molecule has 1 aromatic carbocycles. The predicted octanol–water partition coefficient (Wildman–Crippen LogP) is 2.57. The summed E-state index contributed by atoms with van der Waals surface area (Å²) in [6, 6.07) is 7.83. The van der Waals surface area contributed by atoms with E-state index < -0.39 is 5.54 Å². The number of hydrogen-bond acceptors (Lipinski definition) is 4. The standard InChI is InChI=1S/C12H12N2O2/c1-2-16-11(15)12-7-9(12)8-5-3-4-6-10(8)13-14-12/h3-6,9H,2,7H2,1H3. The molecule has 0 bridgehead atoms. The molecule has 4 nitrogen and oxygen atoms in total. The number of ether oxygens (including phenoxy) is 1. The largest absolute Gasteiger partial charge is 0.464 e. The number of nitrogens with zero attached hydrogens (tertiary/aromatic N) is 2.